The Balaban J connectivity index is 2.83. The fraction of sp³-hybridized carbons (Fsp3) is 0.364. The highest BCUT2D eigenvalue weighted by Crippen LogP contribution is 2.26. The Morgan fingerprint density at radius 3 is 2.59 bits per heavy atom. The highest BCUT2D eigenvalue weighted by Gasteiger charge is 2.09. The van der Waals surface area contributed by atoms with Gasteiger partial charge < -0.3 is 4.90 Å². The zero-order valence-corrected chi connectivity index (χ0v) is 12.0. The van der Waals surface area contributed by atoms with E-state index in [1.54, 1.807) is 18.2 Å². The zero-order chi connectivity index (χ0) is 13.1. The van der Waals surface area contributed by atoms with Crippen LogP contribution in [0.15, 0.2) is 22.7 Å². The average Bonchev–Trinajstić information content (AvgIpc) is 2.24. The molecule has 0 N–H and O–H groups in total. The van der Waals surface area contributed by atoms with Gasteiger partial charge in [-0.2, -0.15) is 5.26 Å². The largest absolute Gasteiger partial charge is 0.373 e. The summed E-state index contributed by atoms with van der Waals surface area (Å²) in [7, 11) is -1.15. The van der Waals surface area contributed by atoms with Crippen molar-refractivity contribution >= 4 is 31.5 Å². The molecule has 1 aromatic rings. The fourth-order valence-corrected chi connectivity index (χ4v) is 2.60. The molecule has 0 saturated carbocycles. The number of anilines is 1. The van der Waals surface area contributed by atoms with E-state index in [1.807, 2.05) is 18.0 Å². The summed E-state index contributed by atoms with van der Waals surface area (Å²) in [6.45, 7) is 0.420. The number of halogens is 1. The molecule has 0 unspecified atom stereocenters. The molecule has 0 spiro atoms. The molecule has 0 fully saturated rings. The van der Waals surface area contributed by atoms with Crippen molar-refractivity contribution in [2.24, 2.45) is 0 Å². The van der Waals surface area contributed by atoms with Gasteiger partial charge in [0, 0.05) is 24.3 Å². The molecule has 1 rings (SSSR count). The summed E-state index contributed by atoms with van der Waals surface area (Å²) in [5, 5.41) is 8.74. The lowest BCUT2D eigenvalue weighted by Gasteiger charge is -2.20. The van der Waals surface area contributed by atoms with Gasteiger partial charge in [0.15, 0.2) is 0 Å². The maximum absolute atomic E-state index is 11.1. The normalized spacial score (nSPS) is 10.9. The first kappa shape index (κ1) is 14.0. The number of hydrogen-bond acceptors (Lipinski definition) is 4. The van der Waals surface area contributed by atoms with Crippen molar-refractivity contribution in [2.75, 3.05) is 30.5 Å². The summed E-state index contributed by atoms with van der Waals surface area (Å²) >= 11 is 3.37. The Bertz CT molecular complexity index is 549. The van der Waals surface area contributed by atoms with E-state index in [0.717, 1.165) is 10.2 Å². The van der Waals surface area contributed by atoms with E-state index in [4.69, 9.17) is 5.26 Å². The molecular formula is C11H13BrN2O2S. The summed E-state index contributed by atoms with van der Waals surface area (Å²) in [4.78, 5) is 1.84. The number of rotatable bonds is 4. The molecule has 92 valence electrons. The van der Waals surface area contributed by atoms with E-state index >= 15 is 0 Å². The lowest BCUT2D eigenvalue weighted by molar-refractivity contribution is 0.601. The quantitative estimate of drug-likeness (QED) is 0.849. The summed E-state index contributed by atoms with van der Waals surface area (Å²) in [5.41, 5.74) is 1.43. The van der Waals surface area contributed by atoms with Gasteiger partial charge in [-0.05, 0) is 34.1 Å². The standard InChI is InChI=1S/C11H13BrN2O2S/c1-14(5-6-17(2,15)16)11-4-3-9(8-13)7-10(11)12/h3-4,7H,5-6H2,1-2H3. The smallest absolute Gasteiger partial charge is 0.149 e. The van der Waals surface area contributed by atoms with Crippen LogP contribution in [0.1, 0.15) is 5.56 Å². The molecule has 0 saturated heterocycles. The Hall–Kier alpha value is -1.06. The van der Waals surface area contributed by atoms with Crippen LogP contribution < -0.4 is 4.90 Å². The first-order chi connectivity index (χ1) is 7.83. The molecule has 6 heteroatoms. The van der Waals surface area contributed by atoms with E-state index < -0.39 is 9.84 Å². The van der Waals surface area contributed by atoms with Gasteiger partial charge >= 0.3 is 0 Å². The second kappa shape index (κ2) is 5.52. The van der Waals surface area contributed by atoms with Crippen molar-refractivity contribution in [3.8, 4) is 6.07 Å². The van der Waals surface area contributed by atoms with E-state index in [1.165, 1.54) is 6.26 Å². The lowest BCUT2D eigenvalue weighted by Crippen LogP contribution is -2.25. The first-order valence-corrected chi connectivity index (χ1v) is 7.77. The van der Waals surface area contributed by atoms with Crippen LogP contribution in [0.3, 0.4) is 0 Å². The van der Waals surface area contributed by atoms with Gasteiger partial charge in [0.1, 0.15) is 9.84 Å². The molecule has 0 atom stereocenters. The topological polar surface area (TPSA) is 61.2 Å². The minimum atomic E-state index is -2.96. The van der Waals surface area contributed by atoms with Gasteiger partial charge in [0.2, 0.25) is 0 Å². The third-order valence-corrected chi connectivity index (χ3v) is 3.84. The number of nitrogens with zero attached hydrogens (tertiary/aromatic N) is 2. The fourth-order valence-electron chi connectivity index (χ4n) is 1.31. The SMILES string of the molecule is CN(CCS(C)(=O)=O)c1ccc(C#N)cc1Br. The highest BCUT2D eigenvalue weighted by molar-refractivity contribution is 9.10. The van der Waals surface area contributed by atoms with Crippen molar-refractivity contribution in [1.29, 1.82) is 5.26 Å². The van der Waals surface area contributed by atoms with Crippen molar-refractivity contribution in [3.05, 3.63) is 28.2 Å². The Kier molecular flexibility index (Phi) is 4.54. The maximum atomic E-state index is 11.1. The second-order valence-electron chi connectivity index (χ2n) is 3.83. The van der Waals surface area contributed by atoms with Gasteiger partial charge in [-0.15, -0.1) is 0 Å². The van der Waals surface area contributed by atoms with Gasteiger partial charge in [0.25, 0.3) is 0 Å². The van der Waals surface area contributed by atoms with E-state index in [-0.39, 0.29) is 5.75 Å². The third kappa shape index (κ3) is 4.36. The lowest BCUT2D eigenvalue weighted by atomic mass is 10.2. The third-order valence-electron chi connectivity index (χ3n) is 2.29. The van der Waals surface area contributed by atoms with E-state index in [2.05, 4.69) is 15.9 Å². The Morgan fingerprint density at radius 2 is 2.12 bits per heavy atom. The summed E-state index contributed by atoms with van der Waals surface area (Å²) in [6.07, 6.45) is 1.22. The molecule has 0 aromatic heterocycles. The molecule has 0 aliphatic heterocycles. The molecule has 0 bridgehead atoms. The van der Waals surface area contributed by atoms with Crippen LogP contribution in [0.25, 0.3) is 0 Å². The molecule has 4 nitrogen and oxygen atoms in total. The molecule has 0 amide bonds. The van der Waals surface area contributed by atoms with Crippen LogP contribution in [0.5, 0.6) is 0 Å². The van der Waals surface area contributed by atoms with Gasteiger partial charge in [-0.3, -0.25) is 0 Å². The van der Waals surface area contributed by atoms with Crippen LogP contribution in [0.2, 0.25) is 0 Å². The minimum Gasteiger partial charge on any atom is -0.373 e. The minimum absolute atomic E-state index is 0.107. The van der Waals surface area contributed by atoms with Crippen LogP contribution in [-0.2, 0) is 9.84 Å². The monoisotopic (exact) mass is 316 g/mol. The molecule has 0 aliphatic rings. The number of hydrogen-bond donors (Lipinski definition) is 0. The number of sulfone groups is 1. The Labute approximate surface area is 110 Å². The predicted octanol–water partition coefficient (Wildman–Crippen LogP) is 1.80. The Morgan fingerprint density at radius 1 is 1.47 bits per heavy atom. The van der Waals surface area contributed by atoms with Crippen LogP contribution in [0.4, 0.5) is 5.69 Å². The second-order valence-corrected chi connectivity index (χ2v) is 6.94. The molecule has 17 heavy (non-hydrogen) atoms. The predicted molar refractivity (Wildman–Crippen MR) is 71.8 cm³/mol. The van der Waals surface area contributed by atoms with Crippen molar-refractivity contribution in [2.45, 2.75) is 0 Å². The van der Waals surface area contributed by atoms with Gasteiger partial charge in [-0.25, -0.2) is 8.42 Å². The van der Waals surface area contributed by atoms with Gasteiger partial charge in [-0.1, -0.05) is 0 Å². The molecule has 0 heterocycles. The van der Waals surface area contributed by atoms with Crippen LogP contribution in [-0.4, -0.2) is 34.0 Å². The van der Waals surface area contributed by atoms with E-state index in [9.17, 15) is 8.42 Å². The van der Waals surface area contributed by atoms with Gasteiger partial charge in [0.05, 0.1) is 23.1 Å². The molecule has 1 aromatic carbocycles. The van der Waals surface area contributed by atoms with Crippen molar-refractivity contribution in [3.63, 3.8) is 0 Å². The summed E-state index contributed by atoms with van der Waals surface area (Å²) < 4.78 is 22.9. The average molecular weight is 317 g/mol. The van der Waals surface area contributed by atoms with E-state index in [0.29, 0.717) is 12.1 Å². The van der Waals surface area contributed by atoms with Crippen LogP contribution in [0, 0.1) is 11.3 Å². The first-order valence-electron chi connectivity index (χ1n) is 4.92. The van der Waals surface area contributed by atoms with Crippen molar-refractivity contribution in [1.82, 2.24) is 0 Å². The summed E-state index contributed by atoms with van der Waals surface area (Å²) in [5.74, 6) is 0.107. The van der Waals surface area contributed by atoms with Crippen LogP contribution >= 0.6 is 15.9 Å². The molecular weight excluding hydrogens is 304 g/mol. The number of nitriles is 1. The highest BCUT2D eigenvalue weighted by atomic mass is 79.9. The molecule has 0 radical (unpaired) electrons. The maximum Gasteiger partial charge on any atom is 0.149 e. The van der Waals surface area contributed by atoms with Crippen molar-refractivity contribution < 1.29 is 8.42 Å². The summed E-state index contributed by atoms with van der Waals surface area (Å²) in [6, 6.07) is 7.26. The number of benzene rings is 1. The molecule has 0 aliphatic carbocycles. The zero-order valence-electron chi connectivity index (χ0n) is 9.64.